The second-order valence-electron chi connectivity index (χ2n) is 4.92. The van der Waals surface area contributed by atoms with E-state index in [-0.39, 0.29) is 11.7 Å². The van der Waals surface area contributed by atoms with Crippen LogP contribution in [0.4, 0.5) is 0 Å². The average molecular weight is 233 g/mol. The number of phenolic OH excluding ortho intramolecular Hbond substituents is 1. The Hall–Kier alpha value is -1.51. The highest BCUT2D eigenvalue weighted by Gasteiger charge is 2.22. The Bertz CT molecular complexity index is 420. The maximum atomic E-state index is 12.3. The summed E-state index contributed by atoms with van der Waals surface area (Å²) in [7, 11) is 0. The highest BCUT2D eigenvalue weighted by atomic mass is 16.3. The molecule has 1 N–H and O–H groups in total. The first-order valence-electron chi connectivity index (χ1n) is 6.17. The number of piperidine rings is 1. The molecule has 0 saturated carbocycles. The molecule has 1 saturated heterocycles. The van der Waals surface area contributed by atoms with Crippen LogP contribution >= 0.6 is 0 Å². The predicted octanol–water partition coefficient (Wildman–Crippen LogP) is 2.57. The molecule has 1 fully saturated rings. The van der Waals surface area contributed by atoms with Crippen molar-refractivity contribution in [1.29, 1.82) is 0 Å². The Labute approximate surface area is 102 Å². The van der Waals surface area contributed by atoms with Gasteiger partial charge in [0.05, 0.1) is 0 Å². The maximum absolute atomic E-state index is 12.3. The Morgan fingerprint density at radius 2 is 2.00 bits per heavy atom. The molecule has 0 spiro atoms. The van der Waals surface area contributed by atoms with E-state index in [1.54, 1.807) is 25.1 Å². The van der Waals surface area contributed by atoms with Crippen LogP contribution in [0.2, 0.25) is 0 Å². The number of hydrogen-bond donors (Lipinski definition) is 1. The topological polar surface area (TPSA) is 40.5 Å². The van der Waals surface area contributed by atoms with Crippen LogP contribution < -0.4 is 0 Å². The molecule has 1 heterocycles. The van der Waals surface area contributed by atoms with Gasteiger partial charge in [-0.15, -0.1) is 0 Å². The van der Waals surface area contributed by atoms with E-state index in [0.29, 0.717) is 17.0 Å². The zero-order chi connectivity index (χ0) is 12.4. The third-order valence-electron chi connectivity index (χ3n) is 3.61. The van der Waals surface area contributed by atoms with Gasteiger partial charge in [-0.3, -0.25) is 4.79 Å². The maximum Gasteiger partial charge on any atom is 0.254 e. The molecule has 0 aliphatic carbocycles. The van der Waals surface area contributed by atoms with Crippen LogP contribution in [-0.4, -0.2) is 29.0 Å². The molecular formula is C14H19NO2. The van der Waals surface area contributed by atoms with Crippen molar-refractivity contribution >= 4 is 5.91 Å². The van der Waals surface area contributed by atoms with Gasteiger partial charge in [-0.25, -0.2) is 0 Å². The van der Waals surface area contributed by atoms with Gasteiger partial charge in [-0.1, -0.05) is 13.0 Å². The summed E-state index contributed by atoms with van der Waals surface area (Å²) in [5.41, 5.74) is 1.30. The van der Waals surface area contributed by atoms with Gasteiger partial charge in [0.2, 0.25) is 0 Å². The Morgan fingerprint density at radius 3 is 2.65 bits per heavy atom. The van der Waals surface area contributed by atoms with Crippen LogP contribution in [0.25, 0.3) is 0 Å². The van der Waals surface area contributed by atoms with Gasteiger partial charge < -0.3 is 10.0 Å². The van der Waals surface area contributed by atoms with E-state index in [9.17, 15) is 9.90 Å². The number of rotatable bonds is 1. The molecule has 3 nitrogen and oxygen atoms in total. The highest BCUT2D eigenvalue weighted by molar-refractivity contribution is 5.96. The van der Waals surface area contributed by atoms with Gasteiger partial charge in [0, 0.05) is 24.2 Å². The molecule has 1 aromatic rings. The van der Waals surface area contributed by atoms with Crippen molar-refractivity contribution in [2.24, 2.45) is 5.92 Å². The minimum absolute atomic E-state index is 0.0466. The molecule has 3 heteroatoms. The van der Waals surface area contributed by atoms with Gasteiger partial charge in [0.25, 0.3) is 5.91 Å². The molecule has 17 heavy (non-hydrogen) atoms. The minimum Gasteiger partial charge on any atom is -0.508 e. The highest BCUT2D eigenvalue weighted by Crippen LogP contribution is 2.23. The number of nitrogens with zero attached hydrogens (tertiary/aromatic N) is 1. The summed E-state index contributed by atoms with van der Waals surface area (Å²) in [5, 5.41) is 9.62. The van der Waals surface area contributed by atoms with Gasteiger partial charge in [0.15, 0.2) is 0 Å². The summed E-state index contributed by atoms with van der Waals surface area (Å²) >= 11 is 0. The van der Waals surface area contributed by atoms with Crippen LogP contribution in [0.15, 0.2) is 18.2 Å². The van der Waals surface area contributed by atoms with E-state index in [1.165, 1.54) is 0 Å². The lowest BCUT2D eigenvalue weighted by molar-refractivity contribution is 0.0696. The first kappa shape index (κ1) is 12.0. The number of carbonyl (C=O) groups is 1. The smallest absolute Gasteiger partial charge is 0.254 e. The number of hydrogen-bond acceptors (Lipinski definition) is 2. The van der Waals surface area contributed by atoms with Crippen LogP contribution in [-0.2, 0) is 0 Å². The molecule has 0 radical (unpaired) electrons. The number of phenols is 1. The van der Waals surface area contributed by atoms with Gasteiger partial charge in [-0.05, 0) is 37.8 Å². The fraction of sp³-hybridized carbons (Fsp3) is 0.500. The van der Waals surface area contributed by atoms with E-state index < -0.39 is 0 Å². The van der Waals surface area contributed by atoms with E-state index >= 15 is 0 Å². The first-order valence-corrected chi connectivity index (χ1v) is 6.17. The quantitative estimate of drug-likeness (QED) is 0.810. The Kier molecular flexibility index (Phi) is 3.36. The van der Waals surface area contributed by atoms with Crippen LogP contribution in [0.1, 0.15) is 35.7 Å². The molecule has 1 aliphatic heterocycles. The van der Waals surface area contributed by atoms with Gasteiger partial charge in [0.1, 0.15) is 5.75 Å². The first-order chi connectivity index (χ1) is 8.09. The van der Waals surface area contributed by atoms with Crippen molar-refractivity contribution in [3.8, 4) is 5.75 Å². The Balaban J connectivity index is 2.17. The summed E-state index contributed by atoms with van der Waals surface area (Å²) in [6.45, 7) is 5.67. The average Bonchev–Trinajstić information content (AvgIpc) is 2.33. The van der Waals surface area contributed by atoms with Crippen LogP contribution in [0.3, 0.4) is 0 Å². The fourth-order valence-electron chi connectivity index (χ4n) is 2.24. The van der Waals surface area contributed by atoms with Crippen molar-refractivity contribution in [2.75, 3.05) is 13.1 Å². The lowest BCUT2D eigenvalue weighted by Crippen LogP contribution is -2.38. The summed E-state index contributed by atoms with van der Waals surface area (Å²) < 4.78 is 0. The zero-order valence-electron chi connectivity index (χ0n) is 10.4. The summed E-state index contributed by atoms with van der Waals surface area (Å²) in [4.78, 5) is 14.2. The predicted molar refractivity (Wildman–Crippen MR) is 67.1 cm³/mol. The van der Waals surface area contributed by atoms with Gasteiger partial charge in [-0.2, -0.15) is 0 Å². The third kappa shape index (κ3) is 2.43. The summed E-state index contributed by atoms with van der Waals surface area (Å²) in [5.74, 6) is 0.954. The van der Waals surface area contributed by atoms with Crippen molar-refractivity contribution < 1.29 is 9.90 Å². The zero-order valence-corrected chi connectivity index (χ0v) is 10.4. The number of benzene rings is 1. The number of aromatic hydroxyl groups is 1. The molecule has 1 amide bonds. The SMILES string of the molecule is Cc1c(O)cccc1C(=O)N1CCC(C)CC1. The molecule has 0 atom stereocenters. The summed E-state index contributed by atoms with van der Waals surface area (Å²) in [6.07, 6.45) is 2.15. The summed E-state index contributed by atoms with van der Waals surface area (Å²) in [6, 6.07) is 5.13. The normalized spacial score (nSPS) is 17.2. The van der Waals surface area contributed by atoms with E-state index in [4.69, 9.17) is 0 Å². The van der Waals surface area contributed by atoms with E-state index in [1.807, 2.05) is 4.90 Å². The molecule has 92 valence electrons. The van der Waals surface area contributed by atoms with Crippen LogP contribution in [0, 0.1) is 12.8 Å². The number of amides is 1. The van der Waals surface area contributed by atoms with Crippen molar-refractivity contribution in [2.45, 2.75) is 26.7 Å². The van der Waals surface area contributed by atoms with Crippen LogP contribution in [0.5, 0.6) is 5.75 Å². The second-order valence-corrected chi connectivity index (χ2v) is 4.92. The third-order valence-corrected chi connectivity index (χ3v) is 3.61. The minimum atomic E-state index is 0.0466. The van der Waals surface area contributed by atoms with Crippen molar-refractivity contribution in [1.82, 2.24) is 4.90 Å². The molecule has 0 unspecified atom stereocenters. The second kappa shape index (κ2) is 4.78. The lowest BCUT2D eigenvalue weighted by atomic mass is 9.98. The largest absolute Gasteiger partial charge is 0.508 e. The lowest BCUT2D eigenvalue weighted by Gasteiger charge is -2.30. The number of carbonyl (C=O) groups excluding carboxylic acids is 1. The monoisotopic (exact) mass is 233 g/mol. The van der Waals surface area contributed by atoms with Gasteiger partial charge >= 0.3 is 0 Å². The van der Waals surface area contributed by atoms with Crippen molar-refractivity contribution in [3.63, 3.8) is 0 Å². The fourth-order valence-corrected chi connectivity index (χ4v) is 2.24. The number of likely N-dealkylation sites (tertiary alicyclic amines) is 1. The van der Waals surface area contributed by atoms with E-state index in [0.717, 1.165) is 25.9 Å². The molecule has 1 aromatic carbocycles. The molecule has 1 aliphatic rings. The molecule has 2 rings (SSSR count). The molecular weight excluding hydrogens is 214 g/mol. The van der Waals surface area contributed by atoms with Crippen molar-refractivity contribution in [3.05, 3.63) is 29.3 Å². The molecule has 0 bridgehead atoms. The Morgan fingerprint density at radius 1 is 1.35 bits per heavy atom. The molecule has 0 aromatic heterocycles. The standard InChI is InChI=1S/C14H19NO2/c1-10-6-8-15(9-7-10)14(17)12-4-3-5-13(16)11(12)2/h3-5,10,16H,6-9H2,1-2H3. The van der Waals surface area contributed by atoms with E-state index in [2.05, 4.69) is 6.92 Å².